The van der Waals surface area contributed by atoms with E-state index in [9.17, 15) is 9.59 Å². The summed E-state index contributed by atoms with van der Waals surface area (Å²) in [7, 11) is 0. The smallest absolute Gasteiger partial charge is 0.305 e. The van der Waals surface area contributed by atoms with E-state index < -0.39 is 12.0 Å². The van der Waals surface area contributed by atoms with Crippen LogP contribution in [0, 0.1) is 0 Å². The first-order chi connectivity index (χ1) is 9.04. The Hall–Kier alpha value is -1.79. The molecule has 1 aromatic carbocycles. The topological polar surface area (TPSA) is 98.9 Å². The van der Waals surface area contributed by atoms with Gasteiger partial charge in [-0.3, -0.25) is 9.59 Å². The molecule has 6 nitrogen and oxygen atoms in total. The van der Waals surface area contributed by atoms with Gasteiger partial charge in [0.15, 0.2) is 17.8 Å². The Balaban J connectivity index is 2.54. The van der Waals surface area contributed by atoms with Gasteiger partial charge in [0, 0.05) is 11.6 Å². The summed E-state index contributed by atoms with van der Waals surface area (Å²) >= 11 is 6.06. The van der Waals surface area contributed by atoms with Crippen LogP contribution in [0.15, 0.2) is 6.07 Å². The number of aliphatic carboxylic acids is 1. The number of carboxylic acids is 1. The van der Waals surface area contributed by atoms with Crippen molar-refractivity contribution in [2.75, 3.05) is 13.2 Å². The molecule has 7 heteroatoms. The largest absolute Gasteiger partial charge is 0.486 e. The fourth-order valence-electron chi connectivity index (χ4n) is 1.94. The molecule has 1 aromatic rings. The van der Waals surface area contributed by atoms with E-state index in [1.165, 1.54) is 6.07 Å². The van der Waals surface area contributed by atoms with Crippen LogP contribution in [-0.4, -0.2) is 30.6 Å². The summed E-state index contributed by atoms with van der Waals surface area (Å²) in [6.45, 7) is 0.599. The summed E-state index contributed by atoms with van der Waals surface area (Å²) in [5, 5.41) is 8.98. The number of ether oxygens (including phenoxy) is 2. The highest BCUT2D eigenvalue weighted by Crippen LogP contribution is 2.43. The zero-order valence-corrected chi connectivity index (χ0v) is 10.6. The van der Waals surface area contributed by atoms with Gasteiger partial charge in [0.25, 0.3) is 0 Å². The third-order valence-corrected chi connectivity index (χ3v) is 3.03. The highest BCUT2D eigenvalue weighted by Gasteiger charge is 2.27. The monoisotopic (exact) mass is 285 g/mol. The minimum Gasteiger partial charge on any atom is -0.486 e. The van der Waals surface area contributed by atoms with E-state index in [2.05, 4.69) is 0 Å². The highest BCUT2D eigenvalue weighted by molar-refractivity contribution is 6.32. The zero-order chi connectivity index (χ0) is 14.0. The van der Waals surface area contributed by atoms with Gasteiger partial charge in [-0.1, -0.05) is 11.6 Å². The molecule has 3 N–H and O–H groups in total. The molecule has 1 heterocycles. The van der Waals surface area contributed by atoms with Crippen molar-refractivity contribution in [3.05, 3.63) is 22.2 Å². The first-order valence-electron chi connectivity index (χ1n) is 5.59. The number of carbonyl (C=O) groups excluding carboxylic acids is 1. The molecule has 1 atom stereocenters. The van der Waals surface area contributed by atoms with E-state index in [1.54, 1.807) is 0 Å². The number of hydrogen-bond acceptors (Lipinski definition) is 5. The van der Waals surface area contributed by atoms with Crippen molar-refractivity contribution in [2.45, 2.75) is 12.5 Å². The third-order valence-electron chi connectivity index (χ3n) is 2.72. The normalized spacial score (nSPS) is 14.8. The maximum absolute atomic E-state index is 11.0. The molecule has 19 heavy (non-hydrogen) atoms. The third kappa shape index (κ3) is 2.64. The van der Waals surface area contributed by atoms with E-state index in [0.717, 1.165) is 0 Å². The van der Waals surface area contributed by atoms with Crippen molar-refractivity contribution >= 4 is 23.9 Å². The fraction of sp³-hybridized carbons (Fsp3) is 0.333. The molecule has 0 fully saturated rings. The number of carbonyl (C=O) groups is 2. The number of fused-ring (bicyclic) bond motifs is 1. The lowest BCUT2D eigenvalue weighted by atomic mass is 10.00. The summed E-state index contributed by atoms with van der Waals surface area (Å²) < 4.78 is 10.8. The minimum atomic E-state index is -1.05. The summed E-state index contributed by atoms with van der Waals surface area (Å²) in [4.78, 5) is 21.7. The van der Waals surface area contributed by atoms with Crippen LogP contribution < -0.4 is 15.2 Å². The molecule has 0 aromatic heterocycles. The average molecular weight is 286 g/mol. The molecule has 0 amide bonds. The van der Waals surface area contributed by atoms with Crippen LogP contribution in [0.5, 0.6) is 11.5 Å². The first-order valence-corrected chi connectivity index (χ1v) is 5.97. The number of hydrogen-bond donors (Lipinski definition) is 2. The predicted molar refractivity (Wildman–Crippen MR) is 67.0 cm³/mol. The van der Waals surface area contributed by atoms with E-state index in [4.69, 9.17) is 31.9 Å². The van der Waals surface area contributed by atoms with E-state index >= 15 is 0 Å². The molecule has 0 bridgehead atoms. The average Bonchev–Trinajstić information content (AvgIpc) is 2.36. The molecule has 0 radical (unpaired) electrons. The van der Waals surface area contributed by atoms with Gasteiger partial charge >= 0.3 is 5.97 Å². The van der Waals surface area contributed by atoms with Crippen LogP contribution in [0.3, 0.4) is 0 Å². The van der Waals surface area contributed by atoms with Crippen molar-refractivity contribution in [1.82, 2.24) is 0 Å². The number of aldehydes is 1. The Kier molecular flexibility index (Phi) is 3.92. The number of benzene rings is 1. The number of carboxylic acid groups (broad SMARTS) is 1. The quantitative estimate of drug-likeness (QED) is 0.811. The second-order valence-electron chi connectivity index (χ2n) is 4.04. The molecule has 0 saturated heterocycles. The Morgan fingerprint density at radius 2 is 2.11 bits per heavy atom. The Labute approximate surface area is 114 Å². The second-order valence-corrected chi connectivity index (χ2v) is 4.45. The molecule has 0 spiro atoms. The van der Waals surface area contributed by atoms with Crippen molar-refractivity contribution in [3.63, 3.8) is 0 Å². The van der Waals surface area contributed by atoms with Crippen LogP contribution in [0.4, 0.5) is 0 Å². The summed E-state index contributed by atoms with van der Waals surface area (Å²) in [6.07, 6.45) is 0.307. The number of rotatable bonds is 4. The Morgan fingerprint density at radius 3 is 2.68 bits per heavy atom. The minimum absolute atomic E-state index is 0.195. The van der Waals surface area contributed by atoms with Gasteiger partial charge in [-0.2, -0.15) is 0 Å². The van der Waals surface area contributed by atoms with Gasteiger partial charge in [-0.25, -0.2) is 0 Å². The Bertz CT molecular complexity index is 531. The highest BCUT2D eigenvalue weighted by atomic mass is 35.5. The standard InChI is InChI=1S/C12H12ClNO5/c13-7-3-6(5-15)11-12(19-2-1-18-11)10(7)8(14)4-9(16)17/h3,5,8H,1-2,4,14H2,(H,16,17). The molecule has 102 valence electrons. The van der Waals surface area contributed by atoms with E-state index in [-0.39, 0.29) is 28.5 Å². The lowest BCUT2D eigenvalue weighted by Gasteiger charge is -2.25. The Morgan fingerprint density at radius 1 is 1.47 bits per heavy atom. The lowest BCUT2D eigenvalue weighted by Crippen LogP contribution is -2.22. The van der Waals surface area contributed by atoms with Gasteiger partial charge < -0.3 is 20.3 Å². The van der Waals surface area contributed by atoms with Crippen LogP contribution in [0.2, 0.25) is 5.02 Å². The van der Waals surface area contributed by atoms with Crippen LogP contribution in [0.25, 0.3) is 0 Å². The molecule has 0 aliphatic carbocycles. The van der Waals surface area contributed by atoms with Crippen molar-refractivity contribution in [2.24, 2.45) is 5.73 Å². The maximum atomic E-state index is 11.0. The van der Waals surface area contributed by atoms with Gasteiger partial charge in [0.1, 0.15) is 13.2 Å². The van der Waals surface area contributed by atoms with Gasteiger partial charge in [0.2, 0.25) is 0 Å². The SMILES string of the molecule is NC(CC(=O)O)c1c(Cl)cc(C=O)c2c1OCCO2. The molecule has 1 aliphatic heterocycles. The summed E-state index contributed by atoms with van der Waals surface area (Å²) in [5.41, 5.74) is 6.43. The molecule has 2 rings (SSSR count). The van der Waals surface area contributed by atoms with E-state index in [1.807, 2.05) is 0 Å². The van der Waals surface area contributed by atoms with Crippen molar-refractivity contribution in [3.8, 4) is 11.5 Å². The summed E-state index contributed by atoms with van der Waals surface area (Å²) in [6, 6.07) is 0.570. The van der Waals surface area contributed by atoms with Gasteiger partial charge in [0.05, 0.1) is 17.0 Å². The van der Waals surface area contributed by atoms with E-state index in [0.29, 0.717) is 25.1 Å². The van der Waals surface area contributed by atoms with Gasteiger partial charge in [-0.15, -0.1) is 0 Å². The van der Waals surface area contributed by atoms with Crippen molar-refractivity contribution in [1.29, 1.82) is 0 Å². The number of nitrogens with two attached hydrogens (primary N) is 1. The molecule has 1 aliphatic rings. The lowest BCUT2D eigenvalue weighted by molar-refractivity contribution is -0.137. The van der Waals surface area contributed by atoms with Crippen LogP contribution >= 0.6 is 11.6 Å². The molecule has 0 saturated carbocycles. The second kappa shape index (κ2) is 5.46. The zero-order valence-electron chi connectivity index (χ0n) is 9.89. The predicted octanol–water partition coefficient (Wildman–Crippen LogP) is 1.40. The van der Waals surface area contributed by atoms with Crippen molar-refractivity contribution < 1.29 is 24.2 Å². The molecule has 1 unspecified atom stereocenters. The fourth-order valence-corrected chi connectivity index (χ4v) is 2.29. The van der Waals surface area contributed by atoms with Crippen LogP contribution in [-0.2, 0) is 4.79 Å². The molecular formula is C12H12ClNO5. The molecular weight excluding hydrogens is 274 g/mol. The maximum Gasteiger partial charge on any atom is 0.305 e. The van der Waals surface area contributed by atoms with Crippen LogP contribution in [0.1, 0.15) is 28.4 Å². The van der Waals surface area contributed by atoms with Gasteiger partial charge in [-0.05, 0) is 6.07 Å². The number of halogens is 1. The summed E-state index contributed by atoms with van der Waals surface area (Å²) in [5.74, 6) is -0.524. The first kappa shape index (κ1) is 13.6.